The van der Waals surface area contributed by atoms with Gasteiger partial charge in [0.2, 0.25) is 0 Å². The van der Waals surface area contributed by atoms with Crippen LogP contribution in [0.1, 0.15) is 32.6 Å². The predicted octanol–water partition coefficient (Wildman–Crippen LogP) is 1.06. The molecule has 0 heterocycles. The Morgan fingerprint density at radius 1 is 1.50 bits per heavy atom. The average Bonchev–Trinajstić information content (AvgIpc) is 2.53. The van der Waals surface area contributed by atoms with Gasteiger partial charge in [0.05, 0.1) is 6.61 Å². The lowest BCUT2D eigenvalue weighted by molar-refractivity contribution is -0.121. The predicted molar refractivity (Wildman–Crippen MR) is 56.2 cm³/mol. The maximum Gasteiger partial charge on any atom is 0.137 e. The van der Waals surface area contributed by atoms with Crippen molar-refractivity contribution in [3.05, 3.63) is 0 Å². The number of aliphatic hydroxyl groups is 1. The molecule has 1 atom stereocenters. The molecule has 0 aromatic heterocycles. The summed E-state index contributed by atoms with van der Waals surface area (Å²) in [5, 5.41) is 8.88. The molecular formula is C11H21NO2. The van der Waals surface area contributed by atoms with Gasteiger partial charge in [-0.2, -0.15) is 0 Å². The molecule has 0 aromatic rings. The Morgan fingerprint density at radius 2 is 2.29 bits per heavy atom. The summed E-state index contributed by atoms with van der Waals surface area (Å²) >= 11 is 0. The Hall–Kier alpha value is -0.410. The first-order chi connectivity index (χ1) is 6.77. The van der Waals surface area contributed by atoms with Gasteiger partial charge in [-0.05, 0) is 25.8 Å². The van der Waals surface area contributed by atoms with Crippen LogP contribution < -0.4 is 0 Å². The van der Waals surface area contributed by atoms with Crippen molar-refractivity contribution in [3.63, 3.8) is 0 Å². The molecule has 1 fully saturated rings. The molecule has 3 nitrogen and oxygen atoms in total. The van der Waals surface area contributed by atoms with E-state index in [4.69, 9.17) is 5.11 Å². The number of carbonyl (C=O) groups excluding carboxylic acids is 1. The van der Waals surface area contributed by atoms with E-state index < -0.39 is 0 Å². The summed E-state index contributed by atoms with van der Waals surface area (Å²) in [6.07, 6.45) is 3.96. The van der Waals surface area contributed by atoms with E-state index in [1.807, 2.05) is 0 Å². The van der Waals surface area contributed by atoms with E-state index in [1.54, 1.807) is 0 Å². The highest BCUT2D eigenvalue weighted by atomic mass is 16.3. The summed E-state index contributed by atoms with van der Waals surface area (Å²) in [6.45, 7) is 4.87. The minimum atomic E-state index is 0.195. The van der Waals surface area contributed by atoms with E-state index in [1.165, 1.54) is 0 Å². The molecular weight excluding hydrogens is 178 g/mol. The van der Waals surface area contributed by atoms with Gasteiger partial charge < -0.3 is 10.0 Å². The van der Waals surface area contributed by atoms with Gasteiger partial charge in [0.25, 0.3) is 0 Å². The summed E-state index contributed by atoms with van der Waals surface area (Å²) in [5.41, 5.74) is 0. The van der Waals surface area contributed by atoms with Crippen LogP contribution in [-0.4, -0.2) is 42.0 Å². The zero-order valence-electron chi connectivity index (χ0n) is 9.04. The van der Waals surface area contributed by atoms with Crippen molar-refractivity contribution < 1.29 is 9.90 Å². The molecule has 0 amide bonds. The van der Waals surface area contributed by atoms with Crippen LogP contribution in [0.25, 0.3) is 0 Å². The second-order valence-electron chi connectivity index (χ2n) is 4.08. The molecule has 1 aliphatic carbocycles. The van der Waals surface area contributed by atoms with E-state index in [2.05, 4.69) is 11.8 Å². The van der Waals surface area contributed by atoms with Gasteiger partial charge in [0.15, 0.2) is 0 Å². The second-order valence-corrected chi connectivity index (χ2v) is 4.08. The van der Waals surface area contributed by atoms with Gasteiger partial charge in [-0.1, -0.05) is 6.92 Å². The Balaban J connectivity index is 2.33. The Kier molecular flexibility index (Phi) is 5.12. The van der Waals surface area contributed by atoms with E-state index in [0.29, 0.717) is 12.3 Å². The molecule has 14 heavy (non-hydrogen) atoms. The molecule has 1 N–H and O–H groups in total. The first-order valence-corrected chi connectivity index (χ1v) is 5.63. The van der Waals surface area contributed by atoms with Crippen LogP contribution in [0.5, 0.6) is 0 Å². The summed E-state index contributed by atoms with van der Waals surface area (Å²) in [7, 11) is 0. The van der Waals surface area contributed by atoms with Crippen LogP contribution in [0.3, 0.4) is 0 Å². The molecule has 0 aromatic carbocycles. The lowest BCUT2D eigenvalue weighted by atomic mass is 10.1. The molecule has 82 valence electrons. The fourth-order valence-electron chi connectivity index (χ4n) is 2.14. The standard InChI is InChI=1S/C11H21NO2/c1-2-6-12(7-8-13)9-10-4-3-5-11(10)14/h10,13H,2-9H2,1H3. The maximum absolute atomic E-state index is 11.4. The normalized spacial score (nSPS) is 22.2. The Labute approximate surface area is 86.1 Å². The molecule has 0 bridgehead atoms. The number of Topliss-reactive ketones (excluding diaryl/α,β-unsaturated/α-hetero) is 1. The molecule has 1 saturated carbocycles. The quantitative estimate of drug-likeness (QED) is 0.695. The van der Waals surface area contributed by atoms with Crippen LogP contribution in [0.2, 0.25) is 0 Å². The fraction of sp³-hybridized carbons (Fsp3) is 0.909. The van der Waals surface area contributed by atoms with Crippen molar-refractivity contribution in [3.8, 4) is 0 Å². The maximum atomic E-state index is 11.4. The van der Waals surface area contributed by atoms with Crippen LogP contribution in [0.4, 0.5) is 0 Å². The average molecular weight is 199 g/mol. The van der Waals surface area contributed by atoms with Crippen LogP contribution >= 0.6 is 0 Å². The summed E-state index contributed by atoms with van der Waals surface area (Å²) in [5.74, 6) is 0.664. The fourth-order valence-corrected chi connectivity index (χ4v) is 2.14. The van der Waals surface area contributed by atoms with Gasteiger partial charge in [0.1, 0.15) is 5.78 Å². The van der Waals surface area contributed by atoms with Gasteiger partial charge in [-0.15, -0.1) is 0 Å². The number of ketones is 1. The number of rotatable bonds is 6. The number of aliphatic hydroxyl groups excluding tert-OH is 1. The lowest BCUT2D eigenvalue weighted by Crippen LogP contribution is -2.34. The molecule has 1 aliphatic rings. The zero-order valence-corrected chi connectivity index (χ0v) is 9.04. The Morgan fingerprint density at radius 3 is 2.79 bits per heavy atom. The molecule has 1 unspecified atom stereocenters. The Bertz CT molecular complexity index is 176. The zero-order chi connectivity index (χ0) is 10.4. The van der Waals surface area contributed by atoms with E-state index >= 15 is 0 Å². The lowest BCUT2D eigenvalue weighted by Gasteiger charge is -2.23. The highest BCUT2D eigenvalue weighted by Gasteiger charge is 2.25. The van der Waals surface area contributed by atoms with Crippen molar-refractivity contribution in [2.75, 3.05) is 26.2 Å². The third-order valence-electron chi connectivity index (χ3n) is 2.87. The first-order valence-electron chi connectivity index (χ1n) is 5.63. The van der Waals surface area contributed by atoms with Crippen LogP contribution in [0, 0.1) is 5.92 Å². The topological polar surface area (TPSA) is 40.5 Å². The van der Waals surface area contributed by atoms with E-state index in [9.17, 15) is 4.79 Å². The highest BCUT2D eigenvalue weighted by molar-refractivity contribution is 5.83. The third kappa shape index (κ3) is 3.39. The summed E-state index contributed by atoms with van der Waals surface area (Å²) in [6, 6.07) is 0. The molecule has 0 radical (unpaired) electrons. The number of carbonyl (C=O) groups is 1. The van der Waals surface area contributed by atoms with Gasteiger partial charge >= 0.3 is 0 Å². The first kappa shape index (κ1) is 11.7. The highest BCUT2D eigenvalue weighted by Crippen LogP contribution is 2.22. The monoisotopic (exact) mass is 199 g/mol. The number of hydrogen-bond acceptors (Lipinski definition) is 3. The van der Waals surface area contributed by atoms with Crippen LogP contribution in [-0.2, 0) is 4.79 Å². The van der Waals surface area contributed by atoms with Crippen molar-refractivity contribution in [2.24, 2.45) is 5.92 Å². The van der Waals surface area contributed by atoms with Crippen molar-refractivity contribution in [2.45, 2.75) is 32.6 Å². The SMILES string of the molecule is CCCN(CCO)CC1CCCC1=O. The molecule has 0 aliphatic heterocycles. The van der Waals surface area contributed by atoms with Crippen molar-refractivity contribution in [1.29, 1.82) is 0 Å². The smallest absolute Gasteiger partial charge is 0.137 e. The van der Waals surface area contributed by atoms with E-state index in [0.717, 1.165) is 38.8 Å². The van der Waals surface area contributed by atoms with E-state index in [-0.39, 0.29) is 12.5 Å². The summed E-state index contributed by atoms with van der Waals surface area (Å²) in [4.78, 5) is 13.6. The third-order valence-corrected chi connectivity index (χ3v) is 2.87. The largest absolute Gasteiger partial charge is 0.395 e. The molecule has 0 spiro atoms. The van der Waals surface area contributed by atoms with Gasteiger partial charge in [-0.3, -0.25) is 4.79 Å². The van der Waals surface area contributed by atoms with Gasteiger partial charge in [0, 0.05) is 25.4 Å². The molecule has 1 rings (SSSR count). The number of hydrogen-bond donors (Lipinski definition) is 1. The molecule has 0 saturated heterocycles. The number of nitrogens with zero attached hydrogens (tertiary/aromatic N) is 1. The summed E-state index contributed by atoms with van der Waals surface area (Å²) < 4.78 is 0. The van der Waals surface area contributed by atoms with Gasteiger partial charge in [-0.25, -0.2) is 0 Å². The van der Waals surface area contributed by atoms with Crippen molar-refractivity contribution >= 4 is 5.78 Å². The second kappa shape index (κ2) is 6.14. The molecule has 3 heteroatoms. The minimum absolute atomic E-state index is 0.195. The van der Waals surface area contributed by atoms with Crippen molar-refractivity contribution in [1.82, 2.24) is 4.90 Å². The minimum Gasteiger partial charge on any atom is -0.395 e. The van der Waals surface area contributed by atoms with Crippen LogP contribution in [0.15, 0.2) is 0 Å².